The molecule has 1 fully saturated rings. The number of anilines is 1. The van der Waals surface area contributed by atoms with Crippen molar-refractivity contribution in [2.75, 3.05) is 18.4 Å². The van der Waals surface area contributed by atoms with Crippen LogP contribution >= 0.6 is 11.6 Å². The molecule has 4 rings (SSSR count). The van der Waals surface area contributed by atoms with Crippen molar-refractivity contribution in [3.05, 3.63) is 75.4 Å². The lowest BCUT2D eigenvalue weighted by Gasteiger charge is -2.43. The molecule has 140 valence electrons. The molecule has 2 N–H and O–H groups in total. The van der Waals surface area contributed by atoms with Crippen LogP contribution in [0.4, 0.5) is 17.1 Å². The number of hydrogen-bond acceptors (Lipinski definition) is 2. The van der Waals surface area contributed by atoms with E-state index in [1.54, 1.807) is 6.07 Å². The van der Waals surface area contributed by atoms with Gasteiger partial charge in [0, 0.05) is 16.1 Å². The van der Waals surface area contributed by atoms with Gasteiger partial charge in [-0.25, -0.2) is 0 Å². The molecule has 2 heterocycles. The maximum absolute atomic E-state index is 7.38. The van der Waals surface area contributed by atoms with Crippen LogP contribution in [0.25, 0.3) is 9.69 Å². The Balaban J connectivity index is 1.73. The van der Waals surface area contributed by atoms with Gasteiger partial charge < -0.3 is 10.6 Å². The summed E-state index contributed by atoms with van der Waals surface area (Å²) in [6.45, 7) is 17.2. The Morgan fingerprint density at radius 3 is 2.54 bits per heavy atom. The van der Waals surface area contributed by atoms with E-state index in [-0.39, 0.29) is 5.41 Å². The van der Waals surface area contributed by atoms with Crippen molar-refractivity contribution in [1.29, 1.82) is 0 Å². The number of piperidine rings is 1. The van der Waals surface area contributed by atoms with Crippen molar-refractivity contribution in [3.8, 4) is 0 Å². The lowest BCUT2D eigenvalue weighted by Crippen LogP contribution is -2.48. The second-order valence-electron chi connectivity index (χ2n) is 7.35. The van der Waals surface area contributed by atoms with Crippen LogP contribution in [0.3, 0.4) is 0 Å². The normalized spacial score (nSPS) is 18.8. The quantitative estimate of drug-likeness (QED) is 0.677. The lowest BCUT2D eigenvalue weighted by molar-refractivity contribution is 0.293. The largest absolute Gasteiger partial charge is 0.345 e. The van der Waals surface area contributed by atoms with Gasteiger partial charge >= 0.3 is 0 Å². The van der Waals surface area contributed by atoms with Crippen LogP contribution in [0.15, 0.2) is 41.4 Å². The van der Waals surface area contributed by atoms with Crippen molar-refractivity contribution in [3.63, 3.8) is 0 Å². The fourth-order valence-corrected chi connectivity index (χ4v) is 4.31. The molecule has 2 aliphatic rings. The Labute approximate surface area is 170 Å². The first kappa shape index (κ1) is 18.5. The zero-order chi connectivity index (χ0) is 19.6. The highest BCUT2D eigenvalue weighted by Gasteiger charge is 2.41. The van der Waals surface area contributed by atoms with Crippen LogP contribution in [0, 0.1) is 18.6 Å². The maximum atomic E-state index is 7.38. The van der Waals surface area contributed by atoms with E-state index in [9.17, 15) is 0 Å². The molecule has 2 aliphatic heterocycles. The summed E-state index contributed by atoms with van der Waals surface area (Å²) in [6, 6.07) is 11.4. The summed E-state index contributed by atoms with van der Waals surface area (Å²) in [5.41, 5.74) is 3.82. The molecule has 0 unspecified atom stereocenters. The summed E-state index contributed by atoms with van der Waals surface area (Å²) in [5.74, 6) is 0.980. The first-order valence-corrected chi connectivity index (χ1v) is 9.70. The van der Waals surface area contributed by atoms with Crippen LogP contribution in [0.2, 0.25) is 5.02 Å². The topological polar surface area (TPSA) is 45.1 Å². The molecule has 0 aliphatic carbocycles. The molecule has 5 nitrogen and oxygen atoms in total. The summed E-state index contributed by atoms with van der Waals surface area (Å²) in [6.07, 6.45) is 2.82. The Bertz CT molecular complexity index is 1020. The fourth-order valence-electron chi connectivity index (χ4n) is 4.10. The van der Waals surface area contributed by atoms with E-state index < -0.39 is 0 Å². The van der Waals surface area contributed by atoms with Crippen LogP contribution in [0.1, 0.15) is 24.0 Å². The van der Waals surface area contributed by atoms with E-state index in [1.165, 1.54) is 0 Å². The number of nitrogens with one attached hydrogen (secondary N) is 2. The van der Waals surface area contributed by atoms with E-state index >= 15 is 0 Å². The molecule has 2 aromatic rings. The molecule has 28 heavy (non-hydrogen) atoms. The van der Waals surface area contributed by atoms with E-state index in [0.717, 1.165) is 55.0 Å². The van der Waals surface area contributed by atoms with E-state index in [2.05, 4.69) is 20.3 Å². The predicted molar refractivity (Wildman–Crippen MR) is 113 cm³/mol. The van der Waals surface area contributed by atoms with Gasteiger partial charge in [-0.1, -0.05) is 29.8 Å². The van der Waals surface area contributed by atoms with Gasteiger partial charge in [0.15, 0.2) is 11.4 Å². The third-order valence-electron chi connectivity index (χ3n) is 5.59. The summed E-state index contributed by atoms with van der Waals surface area (Å²) in [5, 5.41) is 7.66. The molecular weight excluding hydrogens is 370 g/mol. The molecular formula is C22H20ClN5. The van der Waals surface area contributed by atoms with E-state index in [1.807, 2.05) is 30.3 Å². The number of fused-ring (bicyclic) bond motifs is 1. The Morgan fingerprint density at radius 2 is 1.82 bits per heavy atom. The van der Waals surface area contributed by atoms with Gasteiger partial charge in [0.05, 0.1) is 19.7 Å². The van der Waals surface area contributed by atoms with Crippen molar-refractivity contribution >= 4 is 34.5 Å². The minimum atomic E-state index is -0.0598. The third kappa shape index (κ3) is 3.47. The number of halogens is 1. The molecule has 1 saturated heterocycles. The summed E-state index contributed by atoms with van der Waals surface area (Å²) in [7, 11) is 0. The highest BCUT2D eigenvalue weighted by Crippen LogP contribution is 2.44. The second kappa shape index (κ2) is 7.64. The SMILES string of the molecule is [C-]#[N+]c1cc2c(cc1[N+]#[C-])NC(=NCc1cccc(Cl)c1)C1(CCNCC1)C2. The Kier molecular flexibility index (Phi) is 5.05. The highest BCUT2D eigenvalue weighted by atomic mass is 35.5. The standard InChI is InChI=1S/C22H20ClN5/c1-24-19-11-16-13-22(6-8-26-9-7-22)21(28-18(16)12-20(19)25-2)27-14-15-4-3-5-17(23)10-15/h3-5,10-12,26H,6-9,13-14H2,(H,27,28). The Hall–Kier alpha value is -2.86. The molecule has 0 bridgehead atoms. The number of nitrogens with zero attached hydrogens (tertiary/aromatic N) is 3. The van der Waals surface area contributed by atoms with Crippen LogP contribution < -0.4 is 10.6 Å². The zero-order valence-electron chi connectivity index (χ0n) is 15.4. The molecule has 0 amide bonds. The summed E-state index contributed by atoms with van der Waals surface area (Å²) < 4.78 is 0. The Morgan fingerprint density at radius 1 is 1.07 bits per heavy atom. The monoisotopic (exact) mass is 389 g/mol. The molecule has 6 heteroatoms. The zero-order valence-corrected chi connectivity index (χ0v) is 16.2. The van der Waals surface area contributed by atoms with E-state index in [0.29, 0.717) is 22.9 Å². The number of rotatable bonds is 2. The first-order valence-electron chi connectivity index (χ1n) is 9.32. The molecule has 2 aromatic carbocycles. The van der Waals surface area contributed by atoms with Crippen LogP contribution in [-0.2, 0) is 13.0 Å². The smallest absolute Gasteiger partial charge is 0.196 e. The van der Waals surface area contributed by atoms with Gasteiger partial charge in [-0.15, -0.1) is 0 Å². The molecule has 0 saturated carbocycles. The molecule has 0 atom stereocenters. The van der Waals surface area contributed by atoms with Gasteiger partial charge in [0.2, 0.25) is 0 Å². The van der Waals surface area contributed by atoms with Gasteiger partial charge in [0.25, 0.3) is 0 Å². The van der Waals surface area contributed by atoms with Crippen LogP contribution in [-0.4, -0.2) is 18.9 Å². The van der Waals surface area contributed by atoms with Crippen molar-refractivity contribution in [2.24, 2.45) is 10.4 Å². The summed E-state index contributed by atoms with van der Waals surface area (Å²) in [4.78, 5) is 12.0. The minimum Gasteiger partial charge on any atom is -0.345 e. The fraction of sp³-hybridized carbons (Fsp3) is 0.318. The van der Waals surface area contributed by atoms with Gasteiger partial charge in [-0.3, -0.25) is 14.7 Å². The van der Waals surface area contributed by atoms with Gasteiger partial charge in [0.1, 0.15) is 5.84 Å². The number of aliphatic imine (C=N–C) groups is 1. The maximum Gasteiger partial charge on any atom is 0.196 e. The lowest BCUT2D eigenvalue weighted by atomic mass is 9.70. The second-order valence-corrected chi connectivity index (χ2v) is 7.78. The first-order chi connectivity index (χ1) is 13.6. The number of amidine groups is 1. The van der Waals surface area contributed by atoms with Crippen molar-refractivity contribution < 1.29 is 0 Å². The minimum absolute atomic E-state index is 0.0598. The predicted octanol–water partition coefficient (Wildman–Crippen LogP) is 5.38. The highest BCUT2D eigenvalue weighted by molar-refractivity contribution is 6.30. The number of benzene rings is 2. The van der Waals surface area contributed by atoms with Gasteiger partial charge in [-0.05, 0) is 61.7 Å². The van der Waals surface area contributed by atoms with Crippen molar-refractivity contribution in [1.82, 2.24) is 5.32 Å². The average molecular weight is 390 g/mol. The van der Waals surface area contributed by atoms with Gasteiger partial charge in [-0.2, -0.15) is 0 Å². The van der Waals surface area contributed by atoms with Crippen molar-refractivity contribution in [2.45, 2.75) is 25.8 Å². The molecule has 0 radical (unpaired) electrons. The molecule has 1 spiro atoms. The number of hydrogen-bond donors (Lipinski definition) is 2. The summed E-state index contributed by atoms with van der Waals surface area (Å²) >= 11 is 6.11. The van der Waals surface area contributed by atoms with Crippen LogP contribution in [0.5, 0.6) is 0 Å². The van der Waals surface area contributed by atoms with E-state index in [4.69, 9.17) is 29.7 Å². The third-order valence-corrected chi connectivity index (χ3v) is 5.83. The molecule has 0 aromatic heterocycles. The average Bonchev–Trinajstić information content (AvgIpc) is 2.72.